The molecule has 0 aliphatic heterocycles. The number of anilines is 1. The number of nitrogens with one attached hydrogen (secondary N) is 1. The molecule has 1 atom stereocenters. The maximum absolute atomic E-state index is 4.27. The minimum absolute atomic E-state index is 0.480. The lowest BCUT2D eigenvalue weighted by Gasteiger charge is -2.12. The molecule has 0 saturated heterocycles. The molecular weight excluding hydrogens is 228 g/mol. The minimum atomic E-state index is 0.480. The Morgan fingerprint density at radius 1 is 1.62 bits per heavy atom. The van der Waals surface area contributed by atoms with Gasteiger partial charge in [0.2, 0.25) is 0 Å². The summed E-state index contributed by atoms with van der Waals surface area (Å²) in [7, 11) is 0. The molecule has 2 nitrogen and oxygen atoms in total. The predicted molar refractivity (Wildman–Crippen MR) is 60.0 cm³/mol. The van der Waals surface area contributed by atoms with Crippen LogP contribution in [0.5, 0.6) is 0 Å². The molecule has 0 fully saturated rings. The van der Waals surface area contributed by atoms with Crippen LogP contribution in [0.25, 0.3) is 0 Å². The van der Waals surface area contributed by atoms with Gasteiger partial charge in [0.25, 0.3) is 0 Å². The Balaban J connectivity index is 2.73. The van der Waals surface area contributed by atoms with Crippen LogP contribution in [0.2, 0.25) is 0 Å². The number of hydrogen-bond acceptors (Lipinski definition) is 2. The highest BCUT2D eigenvalue weighted by Crippen LogP contribution is 2.17. The SMILES string of the molecule is CC[C@H](C)Nc1cc(C)c(Br)cn1. The number of halogens is 1. The van der Waals surface area contributed by atoms with Gasteiger partial charge in [-0.25, -0.2) is 4.98 Å². The summed E-state index contributed by atoms with van der Waals surface area (Å²) in [6.07, 6.45) is 2.94. The molecule has 1 heterocycles. The van der Waals surface area contributed by atoms with E-state index in [0.717, 1.165) is 16.7 Å². The molecule has 1 rings (SSSR count). The van der Waals surface area contributed by atoms with E-state index in [4.69, 9.17) is 0 Å². The van der Waals surface area contributed by atoms with Gasteiger partial charge in [-0.15, -0.1) is 0 Å². The maximum atomic E-state index is 4.27. The quantitative estimate of drug-likeness (QED) is 0.880. The normalized spacial score (nSPS) is 12.6. The van der Waals surface area contributed by atoms with Crippen molar-refractivity contribution >= 4 is 21.7 Å². The summed E-state index contributed by atoms with van der Waals surface area (Å²) in [5.74, 6) is 0.954. The fourth-order valence-corrected chi connectivity index (χ4v) is 1.19. The van der Waals surface area contributed by atoms with Gasteiger partial charge in [-0.2, -0.15) is 0 Å². The fraction of sp³-hybridized carbons (Fsp3) is 0.500. The first-order valence-corrected chi connectivity index (χ1v) is 5.31. The van der Waals surface area contributed by atoms with Crippen molar-refractivity contribution in [2.45, 2.75) is 33.2 Å². The van der Waals surface area contributed by atoms with Gasteiger partial charge in [0, 0.05) is 16.7 Å². The molecule has 0 aromatic carbocycles. The van der Waals surface area contributed by atoms with Crippen molar-refractivity contribution in [2.24, 2.45) is 0 Å². The Labute approximate surface area is 87.9 Å². The lowest BCUT2D eigenvalue weighted by atomic mass is 10.2. The summed E-state index contributed by atoms with van der Waals surface area (Å²) in [6.45, 7) is 6.37. The molecule has 0 bridgehead atoms. The van der Waals surface area contributed by atoms with Crippen LogP contribution in [0.15, 0.2) is 16.7 Å². The Bertz CT molecular complexity index is 286. The highest BCUT2D eigenvalue weighted by Gasteiger charge is 2.01. The number of rotatable bonds is 3. The van der Waals surface area contributed by atoms with E-state index in [1.807, 2.05) is 6.20 Å². The molecular formula is C10H15BrN2. The van der Waals surface area contributed by atoms with Crippen molar-refractivity contribution in [1.82, 2.24) is 4.98 Å². The highest BCUT2D eigenvalue weighted by molar-refractivity contribution is 9.10. The third-order valence-electron chi connectivity index (χ3n) is 2.05. The smallest absolute Gasteiger partial charge is 0.126 e. The molecule has 0 spiro atoms. The molecule has 3 heteroatoms. The molecule has 0 aliphatic carbocycles. The zero-order valence-corrected chi connectivity index (χ0v) is 9.85. The molecule has 0 unspecified atom stereocenters. The summed E-state index contributed by atoms with van der Waals surface area (Å²) < 4.78 is 1.06. The van der Waals surface area contributed by atoms with Crippen LogP contribution in [0.1, 0.15) is 25.8 Å². The number of nitrogens with zero attached hydrogens (tertiary/aromatic N) is 1. The number of hydrogen-bond donors (Lipinski definition) is 1. The van der Waals surface area contributed by atoms with Gasteiger partial charge in [-0.05, 0) is 47.8 Å². The Morgan fingerprint density at radius 3 is 2.85 bits per heavy atom. The van der Waals surface area contributed by atoms with E-state index in [-0.39, 0.29) is 0 Å². The van der Waals surface area contributed by atoms with Gasteiger partial charge >= 0.3 is 0 Å². The largest absolute Gasteiger partial charge is 0.368 e. The van der Waals surface area contributed by atoms with E-state index in [2.05, 4.69) is 53.1 Å². The Morgan fingerprint density at radius 2 is 2.31 bits per heavy atom. The number of aromatic nitrogens is 1. The van der Waals surface area contributed by atoms with E-state index in [9.17, 15) is 0 Å². The van der Waals surface area contributed by atoms with Gasteiger partial charge in [0.05, 0.1) is 0 Å². The monoisotopic (exact) mass is 242 g/mol. The average molecular weight is 243 g/mol. The van der Waals surface area contributed by atoms with Gasteiger partial charge < -0.3 is 5.32 Å². The van der Waals surface area contributed by atoms with Crippen LogP contribution < -0.4 is 5.32 Å². The standard InChI is InChI=1S/C10H15BrN2/c1-4-8(3)13-10-5-7(2)9(11)6-12-10/h5-6,8H,4H2,1-3H3,(H,12,13)/t8-/m0/s1. The number of aryl methyl sites for hydroxylation is 1. The second-order valence-corrected chi connectivity index (χ2v) is 4.13. The van der Waals surface area contributed by atoms with Crippen molar-refractivity contribution in [3.63, 3.8) is 0 Å². The van der Waals surface area contributed by atoms with E-state index >= 15 is 0 Å². The van der Waals surface area contributed by atoms with E-state index < -0.39 is 0 Å². The molecule has 0 amide bonds. The summed E-state index contributed by atoms with van der Waals surface area (Å²) in [6, 6.07) is 2.53. The molecule has 0 aliphatic rings. The zero-order chi connectivity index (χ0) is 9.84. The highest BCUT2D eigenvalue weighted by atomic mass is 79.9. The molecule has 1 N–H and O–H groups in total. The second kappa shape index (κ2) is 4.61. The summed E-state index contributed by atoms with van der Waals surface area (Å²) >= 11 is 3.42. The number of pyridine rings is 1. The van der Waals surface area contributed by atoms with Crippen LogP contribution in [0, 0.1) is 6.92 Å². The van der Waals surface area contributed by atoms with Crippen LogP contribution in [-0.4, -0.2) is 11.0 Å². The van der Waals surface area contributed by atoms with Gasteiger partial charge in [-0.1, -0.05) is 6.92 Å². The first kappa shape index (κ1) is 10.5. The van der Waals surface area contributed by atoms with Crippen molar-refractivity contribution in [3.05, 3.63) is 22.3 Å². The predicted octanol–water partition coefficient (Wildman–Crippen LogP) is 3.36. The van der Waals surface area contributed by atoms with Crippen molar-refractivity contribution in [3.8, 4) is 0 Å². The van der Waals surface area contributed by atoms with Crippen molar-refractivity contribution < 1.29 is 0 Å². The molecule has 1 aromatic heterocycles. The Kier molecular flexibility index (Phi) is 3.72. The van der Waals surface area contributed by atoms with Crippen LogP contribution in [0.3, 0.4) is 0 Å². The Hall–Kier alpha value is -0.570. The summed E-state index contributed by atoms with van der Waals surface area (Å²) in [4.78, 5) is 4.27. The first-order chi connectivity index (χ1) is 6.13. The summed E-state index contributed by atoms with van der Waals surface area (Å²) in [5.41, 5.74) is 1.21. The third-order valence-corrected chi connectivity index (χ3v) is 2.88. The van der Waals surface area contributed by atoms with Gasteiger partial charge in [0.15, 0.2) is 0 Å². The average Bonchev–Trinajstić information content (AvgIpc) is 2.11. The lowest BCUT2D eigenvalue weighted by Crippen LogP contribution is -2.14. The fourth-order valence-electron chi connectivity index (χ4n) is 0.973. The molecule has 0 radical (unpaired) electrons. The zero-order valence-electron chi connectivity index (χ0n) is 8.26. The topological polar surface area (TPSA) is 24.9 Å². The first-order valence-electron chi connectivity index (χ1n) is 4.52. The van der Waals surface area contributed by atoms with E-state index in [1.165, 1.54) is 5.56 Å². The minimum Gasteiger partial charge on any atom is -0.368 e. The van der Waals surface area contributed by atoms with Crippen molar-refractivity contribution in [2.75, 3.05) is 5.32 Å². The summed E-state index contributed by atoms with van der Waals surface area (Å²) in [5, 5.41) is 3.33. The molecule has 0 saturated carbocycles. The van der Waals surface area contributed by atoms with Gasteiger partial charge in [-0.3, -0.25) is 0 Å². The van der Waals surface area contributed by atoms with Crippen molar-refractivity contribution in [1.29, 1.82) is 0 Å². The molecule has 13 heavy (non-hydrogen) atoms. The lowest BCUT2D eigenvalue weighted by molar-refractivity contribution is 0.759. The molecule has 1 aromatic rings. The van der Waals surface area contributed by atoms with Crippen LogP contribution >= 0.6 is 15.9 Å². The van der Waals surface area contributed by atoms with Crippen LogP contribution in [-0.2, 0) is 0 Å². The second-order valence-electron chi connectivity index (χ2n) is 3.27. The van der Waals surface area contributed by atoms with E-state index in [1.54, 1.807) is 0 Å². The molecule has 72 valence electrons. The van der Waals surface area contributed by atoms with E-state index in [0.29, 0.717) is 6.04 Å². The van der Waals surface area contributed by atoms with Crippen LogP contribution in [0.4, 0.5) is 5.82 Å². The van der Waals surface area contributed by atoms with Gasteiger partial charge in [0.1, 0.15) is 5.82 Å². The maximum Gasteiger partial charge on any atom is 0.126 e. The third kappa shape index (κ3) is 2.99.